The molecule has 0 aromatic heterocycles. The average Bonchev–Trinajstić information content (AvgIpc) is 2.89. The highest BCUT2D eigenvalue weighted by molar-refractivity contribution is 7.76. The maximum Gasteiger partial charge on any atom is 0.192 e. The van der Waals surface area contributed by atoms with E-state index >= 15 is 0 Å². The minimum absolute atomic E-state index is 0. The quantitative estimate of drug-likeness (QED) is 0.0586. The van der Waals surface area contributed by atoms with Crippen LogP contribution in [0.25, 0.3) is 0 Å². The fourth-order valence-corrected chi connectivity index (χ4v) is 14.9. The highest BCUT2D eigenvalue weighted by Crippen LogP contribution is 2.60. The van der Waals surface area contributed by atoms with Gasteiger partial charge in [-0.1, -0.05) is 108 Å². The largest absolute Gasteiger partial charge is 1.00 e. The molecule has 0 unspecified atom stereocenters. The normalized spacial score (nSPS) is 17.3. The van der Waals surface area contributed by atoms with E-state index < -0.39 is 32.2 Å². The van der Waals surface area contributed by atoms with Gasteiger partial charge in [0.2, 0.25) is 0 Å². The van der Waals surface area contributed by atoms with E-state index in [1.54, 1.807) is 0 Å². The molecule has 0 N–H and O–H groups in total. The third-order valence-corrected chi connectivity index (χ3v) is 26.0. The second-order valence-electron chi connectivity index (χ2n) is 18.9. The van der Waals surface area contributed by atoms with Gasteiger partial charge in [0.25, 0.3) is 0 Å². The van der Waals surface area contributed by atoms with Crippen LogP contribution in [-0.4, -0.2) is 67.9 Å². The summed E-state index contributed by atoms with van der Waals surface area (Å²) in [4.78, 5) is 0. The van der Waals surface area contributed by atoms with E-state index in [4.69, 9.17) is 13.3 Å². The molecule has 8 heteroatoms. The fourth-order valence-electron chi connectivity index (χ4n) is 5.99. The van der Waals surface area contributed by atoms with E-state index in [0.29, 0.717) is 5.92 Å². The second kappa shape index (κ2) is 21.6. The second-order valence-corrected chi connectivity index (χ2v) is 37.3. The molecule has 0 heterocycles. The monoisotopic (exact) mass is 796 g/mol. The predicted octanol–water partition coefficient (Wildman–Crippen LogP) is 10.6. The highest BCUT2D eigenvalue weighted by Gasteiger charge is 2.44. The SMILES string of the molecule is CCCC[P+](C/C=C\[C@H](C)[C@H](O[Si](C)(C)C)[C@@H](C)[C@H](C[C@@H](C)O[Si](C)(C)C(C)(C)C)O[Si](C)(C)C(C)(C)C)(CCCC)CCCC.[Br-]. The van der Waals surface area contributed by atoms with Crippen LogP contribution < -0.4 is 17.0 Å². The zero-order valence-corrected chi connectivity index (χ0v) is 40.8. The third-order valence-electron chi connectivity index (χ3n) is 11.1. The number of halogens is 1. The molecule has 0 aliphatic heterocycles. The van der Waals surface area contributed by atoms with E-state index in [0.717, 1.165) is 6.42 Å². The van der Waals surface area contributed by atoms with Crippen molar-refractivity contribution in [3.05, 3.63) is 12.2 Å². The number of unbranched alkanes of at least 4 members (excludes halogenated alkanes) is 3. The van der Waals surface area contributed by atoms with Crippen LogP contribution >= 0.6 is 7.26 Å². The van der Waals surface area contributed by atoms with Gasteiger partial charge in [-0.25, -0.2) is 0 Å². The molecular weight excluding hydrogens is 712 g/mol. The van der Waals surface area contributed by atoms with Crippen molar-refractivity contribution in [2.45, 2.75) is 202 Å². The Bertz CT molecular complexity index is 839. The van der Waals surface area contributed by atoms with Gasteiger partial charge in [-0.3, -0.25) is 0 Å². The first-order chi connectivity index (χ1) is 20.8. The van der Waals surface area contributed by atoms with E-state index in [-0.39, 0.29) is 51.3 Å². The molecule has 0 saturated heterocycles. The van der Waals surface area contributed by atoms with Crippen molar-refractivity contribution in [3.63, 3.8) is 0 Å². The molecule has 0 rings (SSSR count). The molecule has 0 aromatic carbocycles. The Morgan fingerprint density at radius 2 is 1.04 bits per heavy atom. The first-order valence-electron chi connectivity index (χ1n) is 19.3. The molecule has 284 valence electrons. The lowest BCUT2D eigenvalue weighted by Gasteiger charge is -2.45. The first-order valence-corrected chi connectivity index (χ1v) is 31.1. The van der Waals surface area contributed by atoms with E-state index in [9.17, 15) is 0 Å². The van der Waals surface area contributed by atoms with Crippen molar-refractivity contribution in [3.8, 4) is 0 Å². The van der Waals surface area contributed by atoms with E-state index in [1.165, 1.54) is 63.2 Å². The van der Waals surface area contributed by atoms with Crippen LogP contribution in [0.5, 0.6) is 0 Å². The minimum atomic E-state index is -2.02. The first kappa shape index (κ1) is 50.3. The molecule has 5 atom stereocenters. The van der Waals surface area contributed by atoms with Gasteiger partial charge < -0.3 is 30.3 Å². The van der Waals surface area contributed by atoms with Gasteiger partial charge in [0.1, 0.15) is 0 Å². The summed E-state index contributed by atoms with van der Waals surface area (Å²) in [6.45, 7) is 45.0. The molecule has 0 aliphatic carbocycles. The van der Waals surface area contributed by atoms with Crippen molar-refractivity contribution in [2.24, 2.45) is 11.8 Å². The predicted molar refractivity (Wildman–Crippen MR) is 221 cm³/mol. The van der Waals surface area contributed by atoms with Crippen LogP contribution in [0.15, 0.2) is 12.2 Å². The third kappa shape index (κ3) is 18.5. The van der Waals surface area contributed by atoms with Crippen molar-refractivity contribution in [2.75, 3.05) is 24.6 Å². The summed E-state index contributed by atoms with van der Waals surface area (Å²) in [5.74, 6) is 0.611. The van der Waals surface area contributed by atoms with E-state index in [1.807, 2.05) is 0 Å². The molecule has 47 heavy (non-hydrogen) atoms. The standard InChI is InChI=1S/C39H86O3PSi3.BrH/c1-20-23-28-43(29-24-21-2,30-25-22-3)31-26-27-33(4)37(42-44(13,14)15)35(6)36(41-46(18,19)39(10,11)12)32-34(5)40-45(16,17)38(7,8)9;/h26-27,33-37H,20-25,28-32H2,1-19H3;1H/q+1;/p-1/b27-26-;/t33-,34+,35-,36-,37-;/m0./s1. The highest BCUT2D eigenvalue weighted by atomic mass is 79.9. The number of rotatable bonds is 23. The Balaban J connectivity index is 0. The minimum Gasteiger partial charge on any atom is -1.00 e. The maximum atomic E-state index is 7.36. The summed E-state index contributed by atoms with van der Waals surface area (Å²) >= 11 is 0. The van der Waals surface area contributed by atoms with Gasteiger partial charge in [0.15, 0.2) is 25.0 Å². The number of hydrogen-bond donors (Lipinski definition) is 0. The maximum absolute atomic E-state index is 7.36. The van der Waals surface area contributed by atoms with Crippen molar-refractivity contribution in [1.82, 2.24) is 0 Å². The summed E-state index contributed by atoms with van der Waals surface area (Å²) in [5, 5.41) is 0.340. The lowest BCUT2D eigenvalue weighted by molar-refractivity contribution is -0.000705. The Kier molecular flexibility index (Phi) is 23.2. The van der Waals surface area contributed by atoms with Crippen molar-refractivity contribution >= 4 is 32.2 Å². The average molecular weight is 798 g/mol. The number of hydrogen-bond acceptors (Lipinski definition) is 3. The number of allylic oxidation sites excluding steroid dienone is 1. The van der Waals surface area contributed by atoms with Crippen LogP contribution in [-0.2, 0) is 13.3 Å². The Morgan fingerprint density at radius 1 is 0.638 bits per heavy atom. The molecule has 0 aliphatic rings. The van der Waals surface area contributed by atoms with Crippen LogP contribution in [0.4, 0.5) is 0 Å². The van der Waals surface area contributed by atoms with Gasteiger partial charge in [-0.05, 0) is 94.4 Å². The van der Waals surface area contributed by atoms with Crippen LogP contribution in [0, 0.1) is 11.8 Å². The smallest absolute Gasteiger partial charge is 0.192 e. The molecular formula is C39H86BrO3PSi3. The van der Waals surface area contributed by atoms with Gasteiger partial charge in [0.05, 0.1) is 36.9 Å². The van der Waals surface area contributed by atoms with Gasteiger partial charge in [-0.2, -0.15) is 0 Å². The summed E-state index contributed by atoms with van der Waals surface area (Å²) in [7, 11) is -6.70. The molecule has 0 bridgehead atoms. The molecule has 0 aromatic rings. The molecule has 0 radical (unpaired) electrons. The lowest BCUT2D eigenvalue weighted by Crippen LogP contribution is -3.00. The van der Waals surface area contributed by atoms with Crippen LogP contribution in [0.1, 0.15) is 128 Å². The zero-order valence-electron chi connectivity index (χ0n) is 35.4. The van der Waals surface area contributed by atoms with Crippen molar-refractivity contribution < 1.29 is 30.3 Å². The van der Waals surface area contributed by atoms with Gasteiger partial charge >= 0.3 is 0 Å². The summed E-state index contributed by atoms with van der Waals surface area (Å²) in [6, 6.07) is 0. The van der Waals surface area contributed by atoms with Crippen molar-refractivity contribution in [1.29, 1.82) is 0 Å². The van der Waals surface area contributed by atoms with Gasteiger partial charge in [-0.15, -0.1) is 0 Å². The zero-order chi connectivity index (χ0) is 36.2. The van der Waals surface area contributed by atoms with Crippen LogP contribution in [0.2, 0.25) is 55.9 Å². The summed E-state index contributed by atoms with van der Waals surface area (Å²) < 4.78 is 21.5. The molecule has 0 amide bonds. The van der Waals surface area contributed by atoms with Crippen LogP contribution in [0.3, 0.4) is 0 Å². The Labute approximate surface area is 311 Å². The van der Waals surface area contributed by atoms with E-state index in [2.05, 4.69) is 141 Å². The molecule has 0 spiro atoms. The molecule has 0 saturated carbocycles. The topological polar surface area (TPSA) is 27.7 Å². The molecule has 0 fully saturated rings. The van der Waals surface area contributed by atoms with Gasteiger partial charge in [0, 0.05) is 19.3 Å². The summed E-state index contributed by atoms with van der Waals surface area (Å²) in [5.41, 5.74) is 0. The lowest BCUT2D eigenvalue weighted by atomic mass is 9.87. The Morgan fingerprint density at radius 3 is 1.40 bits per heavy atom. The summed E-state index contributed by atoms with van der Waals surface area (Å²) in [6.07, 6.45) is 20.3. The fraction of sp³-hybridized carbons (Fsp3) is 0.949. The Hall–Kier alpha value is 1.18. The molecule has 3 nitrogen and oxygen atoms in total.